The molecule has 1 aromatic carbocycles. The fourth-order valence-corrected chi connectivity index (χ4v) is 2.37. The molecule has 0 aliphatic heterocycles. The third-order valence-electron chi connectivity index (χ3n) is 2.69. The van der Waals surface area contributed by atoms with Crippen LogP contribution >= 0.6 is 11.3 Å². The number of amides is 1. The van der Waals surface area contributed by atoms with E-state index in [1.54, 1.807) is 41.1 Å². The minimum atomic E-state index is -0.287. The number of carbonyl (C=O) groups excluding carboxylic acids is 2. The summed E-state index contributed by atoms with van der Waals surface area (Å²) < 4.78 is 0. The zero-order valence-electron chi connectivity index (χ0n) is 11.3. The summed E-state index contributed by atoms with van der Waals surface area (Å²) >= 11 is 1.41. The first-order valence-corrected chi connectivity index (χ1v) is 7.11. The lowest BCUT2D eigenvalue weighted by atomic mass is 10.0. The highest BCUT2D eigenvalue weighted by atomic mass is 32.1. The molecule has 4 nitrogen and oxygen atoms in total. The highest BCUT2D eigenvalue weighted by Gasteiger charge is 2.12. The Labute approximate surface area is 126 Å². The van der Waals surface area contributed by atoms with Gasteiger partial charge in [-0.05, 0) is 35.2 Å². The Kier molecular flexibility index (Phi) is 4.64. The zero-order valence-corrected chi connectivity index (χ0v) is 12.1. The average Bonchev–Trinajstić information content (AvgIpc) is 2.99. The number of nitrogens with zero attached hydrogens (tertiary/aromatic N) is 1. The van der Waals surface area contributed by atoms with Crippen molar-refractivity contribution in [3.63, 3.8) is 0 Å². The van der Waals surface area contributed by atoms with Crippen molar-refractivity contribution in [2.24, 2.45) is 0 Å². The zero-order chi connectivity index (χ0) is 15.2. The van der Waals surface area contributed by atoms with Crippen LogP contribution in [0.15, 0.2) is 46.7 Å². The Morgan fingerprint density at radius 3 is 2.48 bits per heavy atom. The van der Waals surface area contributed by atoms with Gasteiger partial charge in [0.25, 0.3) is 0 Å². The van der Waals surface area contributed by atoms with Crippen LogP contribution in [-0.2, 0) is 4.79 Å². The second-order valence-electron chi connectivity index (χ2n) is 4.31. The molecule has 1 aromatic heterocycles. The van der Waals surface area contributed by atoms with Crippen molar-refractivity contribution in [2.45, 2.75) is 6.92 Å². The second kappa shape index (κ2) is 6.64. The maximum absolute atomic E-state index is 12.1. The summed E-state index contributed by atoms with van der Waals surface area (Å²) in [6.07, 6.45) is 1.54. The molecule has 0 saturated carbocycles. The van der Waals surface area contributed by atoms with Gasteiger partial charge in [0.2, 0.25) is 11.7 Å². The van der Waals surface area contributed by atoms with E-state index in [4.69, 9.17) is 5.26 Å². The lowest BCUT2D eigenvalue weighted by Crippen LogP contribution is -2.05. The van der Waals surface area contributed by atoms with Crippen molar-refractivity contribution in [1.29, 1.82) is 5.26 Å². The van der Waals surface area contributed by atoms with Crippen LogP contribution < -0.4 is 5.32 Å². The van der Waals surface area contributed by atoms with Gasteiger partial charge in [0.1, 0.15) is 11.6 Å². The van der Waals surface area contributed by atoms with E-state index in [-0.39, 0.29) is 17.3 Å². The number of carbonyl (C=O) groups is 2. The van der Waals surface area contributed by atoms with E-state index in [1.165, 1.54) is 24.3 Å². The van der Waals surface area contributed by atoms with E-state index in [0.717, 1.165) is 5.56 Å². The van der Waals surface area contributed by atoms with Gasteiger partial charge in [-0.1, -0.05) is 12.1 Å². The van der Waals surface area contributed by atoms with Crippen molar-refractivity contribution < 1.29 is 9.59 Å². The molecule has 0 aliphatic rings. The first-order chi connectivity index (χ1) is 10.1. The fraction of sp³-hybridized carbons (Fsp3) is 0.0625. The summed E-state index contributed by atoms with van der Waals surface area (Å²) in [5.41, 5.74) is 2.00. The fourth-order valence-electron chi connectivity index (χ4n) is 1.73. The number of nitriles is 1. The molecule has 0 fully saturated rings. The lowest BCUT2D eigenvalue weighted by Gasteiger charge is -2.02. The van der Waals surface area contributed by atoms with Crippen LogP contribution in [0.25, 0.3) is 6.08 Å². The molecular formula is C16H12N2O2S. The Bertz CT molecular complexity index is 723. The summed E-state index contributed by atoms with van der Waals surface area (Å²) in [6, 6.07) is 10.5. The minimum absolute atomic E-state index is 0.0840. The van der Waals surface area contributed by atoms with Gasteiger partial charge in [-0.15, -0.1) is 0 Å². The van der Waals surface area contributed by atoms with E-state index in [2.05, 4.69) is 5.32 Å². The van der Waals surface area contributed by atoms with Gasteiger partial charge in [-0.3, -0.25) is 9.59 Å². The number of thiophene rings is 1. The van der Waals surface area contributed by atoms with Gasteiger partial charge < -0.3 is 5.32 Å². The number of hydrogen-bond donors (Lipinski definition) is 1. The van der Waals surface area contributed by atoms with Crippen LogP contribution in [0.1, 0.15) is 22.8 Å². The normalized spacial score (nSPS) is 10.8. The van der Waals surface area contributed by atoms with E-state index in [0.29, 0.717) is 11.3 Å². The lowest BCUT2D eigenvalue weighted by molar-refractivity contribution is -0.114. The van der Waals surface area contributed by atoms with Crippen molar-refractivity contribution in [2.75, 3.05) is 5.32 Å². The van der Waals surface area contributed by atoms with Crippen LogP contribution in [0, 0.1) is 11.3 Å². The molecule has 1 amide bonds. The van der Waals surface area contributed by atoms with Crippen LogP contribution in [0.2, 0.25) is 0 Å². The molecule has 0 atom stereocenters. The van der Waals surface area contributed by atoms with Crippen molar-refractivity contribution in [1.82, 2.24) is 0 Å². The Balaban J connectivity index is 2.22. The number of hydrogen-bond acceptors (Lipinski definition) is 4. The summed E-state index contributed by atoms with van der Waals surface area (Å²) in [4.78, 5) is 23.0. The van der Waals surface area contributed by atoms with Gasteiger partial charge >= 0.3 is 0 Å². The van der Waals surface area contributed by atoms with Crippen LogP contribution in [0.4, 0.5) is 5.69 Å². The smallest absolute Gasteiger partial charge is 0.221 e. The molecule has 0 unspecified atom stereocenters. The Morgan fingerprint density at radius 1 is 1.24 bits per heavy atom. The average molecular weight is 296 g/mol. The molecule has 104 valence electrons. The van der Waals surface area contributed by atoms with E-state index in [9.17, 15) is 9.59 Å². The topological polar surface area (TPSA) is 70.0 Å². The van der Waals surface area contributed by atoms with Gasteiger partial charge in [0.05, 0.1) is 0 Å². The molecule has 2 rings (SSSR count). The molecule has 1 N–H and O–H groups in total. The van der Waals surface area contributed by atoms with E-state index in [1.807, 2.05) is 6.07 Å². The summed E-state index contributed by atoms with van der Waals surface area (Å²) in [6.45, 7) is 1.43. The largest absolute Gasteiger partial charge is 0.326 e. The van der Waals surface area contributed by atoms with Gasteiger partial charge in [-0.2, -0.15) is 16.6 Å². The quantitative estimate of drug-likeness (QED) is 0.533. The third kappa shape index (κ3) is 3.88. The molecule has 1 heterocycles. The highest BCUT2D eigenvalue weighted by Crippen LogP contribution is 2.16. The standard InChI is InChI=1S/C16H12N2O2S/c1-11(19)18-15-4-2-12(3-5-15)8-14(9-17)16(20)13-6-7-21-10-13/h2-8,10H,1H3,(H,18,19)/b14-8-. The van der Waals surface area contributed by atoms with Gasteiger partial charge in [-0.25, -0.2) is 0 Å². The van der Waals surface area contributed by atoms with Gasteiger partial charge in [0, 0.05) is 23.6 Å². The molecule has 0 spiro atoms. The first-order valence-electron chi connectivity index (χ1n) is 6.16. The summed E-state index contributed by atoms with van der Waals surface area (Å²) in [7, 11) is 0. The van der Waals surface area contributed by atoms with E-state index >= 15 is 0 Å². The number of rotatable bonds is 4. The van der Waals surface area contributed by atoms with Crippen LogP contribution in [0.3, 0.4) is 0 Å². The number of benzene rings is 1. The molecule has 2 aromatic rings. The predicted molar refractivity (Wildman–Crippen MR) is 83.0 cm³/mol. The Morgan fingerprint density at radius 2 is 1.95 bits per heavy atom. The first kappa shape index (κ1) is 14.7. The maximum atomic E-state index is 12.1. The number of nitrogens with one attached hydrogen (secondary N) is 1. The van der Waals surface area contributed by atoms with Crippen molar-refractivity contribution in [3.8, 4) is 6.07 Å². The number of anilines is 1. The number of ketones is 1. The molecule has 0 bridgehead atoms. The van der Waals surface area contributed by atoms with Crippen molar-refractivity contribution >= 4 is 34.8 Å². The number of allylic oxidation sites excluding steroid dienone is 1. The molecule has 0 radical (unpaired) electrons. The summed E-state index contributed by atoms with van der Waals surface area (Å²) in [5, 5.41) is 15.3. The third-order valence-corrected chi connectivity index (χ3v) is 3.37. The van der Waals surface area contributed by atoms with Crippen LogP contribution in [0.5, 0.6) is 0 Å². The molecule has 5 heteroatoms. The molecule has 0 saturated heterocycles. The minimum Gasteiger partial charge on any atom is -0.326 e. The van der Waals surface area contributed by atoms with Gasteiger partial charge in [0.15, 0.2) is 0 Å². The molecule has 0 aliphatic carbocycles. The van der Waals surface area contributed by atoms with Crippen molar-refractivity contribution in [3.05, 3.63) is 57.8 Å². The maximum Gasteiger partial charge on any atom is 0.221 e. The summed E-state index contributed by atoms with van der Waals surface area (Å²) in [5.74, 6) is -0.437. The molecular weight excluding hydrogens is 284 g/mol. The predicted octanol–water partition coefficient (Wildman–Crippen LogP) is 3.50. The SMILES string of the molecule is CC(=O)Nc1ccc(/C=C(/C#N)C(=O)c2ccsc2)cc1. The Hall–Kier alpha value is -2.71. The highest BCUT2D eigenvalue weighted by molar-refractivity contribution is 7.08. The monoisotopic (exact) mass is 296 g/mol. The van der Waals surface area contributed by atoms with Crippen LogP contribution in [-0.4, -0.2) is 11.7 Å². The number of Topliss-reactive ketones (excluding diaryl/α,β-unsaturated/α-hetero) is 1. The van der Waals surface area contributed by atoms with E-state index < -0.39 is 0 Å². The second-order valence-corrected chi connectivity index (χ2v) is 5.09. The molecule has 21 heavy (non-hydrogen) atoms.